The second-order valence-corrected chi connectivity index (χ2v) is 3.11. The zero-order valence-corrected chi connectivity index (χ0v) is 8.17. The zero-order chi connectivity index (χ0) is 10.8. The maximum absolute atomic E-state index is 10.9. The summed E-state index contributed by atoms with van der Waals surface area (Å²) in [5.41, 5.74) is 1.52. The summed E-state index contributed by atoms with van der Waals surface area (Å²) in [6, 6.07) is 4.96. The van der Waals surface area contributed by atoms with Crippen LogP contribution in [-0.4, -0.2) is 27.6 Å². The molecule has 5 nitrogen and oxygen atoms in total. The molecular formula is C10H10N2O3. The number of carboxylic acid groups (broad SMARTS) is 1. The maximum atomic E-state index is 10.9. The van der Waals surface area contributed by atoms with E-state index in [1.165, 1.54) is 10.5 Å². The number of fused-ring (bicyclic) bond motifs is 1. The SMILES string of the molecule is COCc1cn2c(C(=O)O)cccc2n1. The van der Waals surface area contributed by atoms with Crippen LogP contribution >= 0.6 is 0 Å². The van der Waals surface area contributed by atoms with Crippen molar-refractivity contribution in [2.45, 2.75) is 6.61 Å². The van der Waals surface area contributed by atoms with E-state index in [4.69, 9.17) is 9.84 Å². The van der Waals surface area contributed by atoms with E-state index in [1.54, 1.807) is 25.4 Å². The van der Waals surface area contributed by atoms with Gasteiger partial charge in [-0.2, -0.15) is 0 Å². The second kappa shape index (κ2) is 3.70. The van der Waals surface area contributed by atoms with E-state index >= 15 is 0 Å². The zero-order valence-electron chi connectivity index (χ0n) is 8.17. The maximum Gasteiger partial charge on any atom is 0.352 e. The van der Waals surface area contributed by atoms with Crippen molar-refractivity contribution >= 4 is 11.6 Å². The van der Waals surface area contributed by atoms with Gasteiger partial charge in [-0.05, 0) is 12.1 Å². The molecule has 2 aromatic rings. The van der Waals surface area contributed by atoms with Crippen LogP contribution in [0, 0.1) is 0 Å². The fraction of sp³-hybridized carbons (Fsp3) is 0.200. The van der Waals surface area contributed by atoms with E-state index in [-0.39, 0.29) is 5.69 Å². The first-order chi connectivity index (χ1) is 7.22. The van der Waals surface area contributed by atoms with Crippen LogP contribution in [0.25, 0.3) is 5.65 Å². The summed E-state index contributed by atoms with van der Waals surface area (Å²) in [6.45, 7) is 0.376. The van der Waals surface area contributed by atoms with E-state index in [2.05, 4.69) is 4.98 Å². The standard InChI is InChI=1S/C10H10N2O3/c1-15-6-7-5-12-8(10(13)14)3-2-4-9(12)11-7/h2-5H,6H2,1H3,(H,13,14). The van der Waals surface area contributed by atoms with Gasteiger partial charge in [-0.25, -0.2) is 9.78 Å². The lowest BCUT2D eigenvalue weighted by atomic mass is 10.3. The molecule has 0 aliphatic heterocycles. The Morgan fingerprint density at radius 2 is 2.40 bits per heavy atom. The fourth-order valence-corrected chi connectivity index (χ4v) is 1.45. The number of aromatic nitrogens is 2. The van der Waals surface area contributed by atoms with Crippen molar-refractivity contribution < 1.29 is 14.6 Å². The van der Waals surface area contributed by atoms with Gasteiger partial charge in [-0.3, -0.25) is 4.40 Å². The topological polar surface area (TPSA) is 63.8 Å². The Labute approximate surface area is 85.9 Å². The second-order valence-electron chi connectivity index (χ2n) is 3.11. The number of nitrogens with zero attached hydrogens (tertiary/aromatic N) is 2. The van der Waals surface area contributed by atoms with Gasteiger partial charge in [0.15, 0.2) is 0 Å². The van der Waals surface area contributed by atoms with Gasteiger partial charge in [0.2, 0.25) is 0 Å². The van der Waals surface area contributed by atoms with Gasteiger partial charge >= 0.3 is 5.97 Å². The molecule has 0 aliphatic carbocycles. The molecule has 5 heteroatoms. The minimum Gasteiger partial charge on any atom is -0.477 e. The number of carbonyl (C=O) groups is 1. The molecule has 0 saturated carbocycles. The third-order valence-electron chi connectivity index (χ3n) is 2.05. The molecule has 0 radical (unpaired) electrons. The summed E-state index contributed by atoms with van der Waals surface area (Å²) in [5, 5.41) is 8.94. The molecule has 0 atom stereocenters. The van der Waals surface area contributed by atoms with Gasteiger partial charge in [-0.15, -0.1) is 0 Å². The normalized spacial score (nSPS) is 10.7. The number of ether oxygens (including phenoxy) is 1. The summed E-state index contributed by atoms with van der Waals surface area (Å²) in [7, 11) is 1.57. The van der Waals surface area contributed by atoms with Crippen molar-refractivity contribution in [2.24, 2.45) is 0 Å². The molecular weight excluding hydrogens is 196 g/mol. The van der Waals surface area contributed by atoms with Crippen LogP contribution in [-0.2, 0) is 11.3 Å². The molecule has 2 aromatic heterocycles. The molecule has 1 N–H and O–H groups in total. The molecule has 0 aromatic carbocycles. The van der Waals surface area contributed by atoms with E-state index in [1.807, 2.05) is 0 Å². The molecule has 0 unspecified atom stereocenters. The van der Waals surface area contributed by atoms with Crippen molar-refractivity contribution in [3.8, 4) is 0 Å². The largest absolute Gasteiger partial charge is 0.477 e. The molecule has 0 bridgehead atoms. The van der Waals surface area contributed by atoms with Crippen LogP contribution in [0.3, 0.4) is 0 Å². The lowest BCUT2D eigenvalue weighted by molar-refractivity contribution is 0.0689. The number of hydrogen-bond acceptors (Lipinski definition) is 3. The Morgan fingerprint density at radius 1 is 1.60 bits per heavy atom. The Hall–Kier alpha value is -1.88. The first kappa shape index (κ1) is 9.67. The van der Waals surface area contributed by atoms with Crippen molar-refractivity contribution in [1.82, 2.24) is 9.38 Å². The van der Waals surface area contributed by atoms with E-state index < -0.39 is 5.97 Å². The molecule has 2 rings (SSSR count). The highest BCUT2D eigenvalue weighted by Gasteiger charge is 2.09. The third-order valence-corrected chi connectivity index (χ3v) is 2.05. The van der Waals surface area contributed by atoms with Gasteiger partial charge in [0, 0.05) is 13.3 Å². The van der Waals surface area contributed by atoms with Gasteiger partial charge in [0.05, 0.1) is 12.3 Å². The predicted octanol–water partition coefficient (Wildman–Crippen LogP) is 1.18. The lowest BCUT2D eigenvalue weighted by Gasteiger charge is -1.97. The summed E-state index contributed by atoms with van der Waals surface area (Å²) < 4.78 is 6.47. The van der Waals surface area contributed by atoms with E-state index in [9.17, 15) is 4.79 Å². The summed E-state index contributed by atoms with van der Waals surface area (Å²) in [4.78, 5) is 15.1. The first-order valence-corrected chi connectivity index (χ1v) is 4.41. The van der Waals surface area contributed by atoms with Crippen molar-refractivity contribution in [1.29, 1.82) is 0 Å². The highest BCUT2D eigenvalue weighted by molar-refractivity contribution is 5.86. The number of rotatable bonds is 3. The smallest absolute Gasteiger partial charge is 0.352 e. The number of methoxy groups -OCH3 is 1. The molecule has 0 aliphatic rings. The Balaban J connectivity index is 2.59. The van der Waals surface area contributed by atoms with Crippen LogP contribution in [0.4, 0.5) is 0 Å². The first-order valence-electron chi connectivity index (χ1n) is 4.41. The number of carboxylic acids is 1. The third kappa shape index (κ3) is 1.69. The van der Waals surface area contributed by atoms with Crippen LogP contribution < -0.4 is 0 Å². The van der Waals surface area contributed by atoms with Crippen LogP contribution in [0.15, 0.2) is 24.4 Å². The summed E-state index contributed by atoms with van der Waals surface area (Å²) in [6.07, 6.45) is 1.67. The van der Waals surface area contributed by atoms with Crippen molar-refractivity contribution in [3.05, 3.63) is 35.8 Å². The molecule has 0 amide bonds. The highest BCUT2D eigenvalue weighted by atomic mass is 16.5. The average Bonchev–Trinajstić information content (AvgIpc) is 2.59. The number of aromatic carboxylic acids is 1. The Morgan fingerprint density at radius 3 is 3.07 bits per heavy atom. The van der Waals surface area contributed by atoms with Gasteiger partial charge in [0.1, 0.15) is 11.3 Å². The van der Waals surface area contributed by atoms with E-state index in [0.29, 0.717) is 17.9 Å². The molecule has 15 heavy (non-hydrogen) atoms. The quantitative estimate of drug-likeness (QED) is 0.818. The van der Waals surface area contributed by atoms with E-state index in [0.717, 1.165) is 0 Å². The Kier molecular flexibility index (Phi) is 2.39. The van der Waals surface area contributed by atoms with Crippen molar-refractivity contribution in [2.75, 3.05) is 7.11 Å². The molecule has 2 heterocycles. The van der Waals surface area contributed by atoms with Crippen LogP contribution in [0.5, 0.6) is 0 Å². The van der Waals surface area contributed by atoms with Crippen LogP contribution in [0.2, 0.25) is 0 Å². The van der Waals surface area contributed by atoms with Gasteiger partial charge < -0.3 is 9.84 Å². The lowest BCUT2D eigenvalue weighted by Crippen LogP contribution is -2.03. The molecule has 0 saturated heterocycles. The molecule has 78 valence electrons. The minimum absolute atomic E-state index is 0.197. The van der Waals surface area contributed by atoms with Gasteiger partial charge in [-0.1, -0.05) is 6.07 Å². The van der Waals surface area contributed by atoms with Gasteiger partial charge in [0.25, 0.3) is 0 Å². The Bertz CT molecular complexity index is 504. The average molecular weight is 206 g/mol. The fourth-order valence-electron chi connectivity index (χ4n) is 1.45. The van der Waals surface area contributed by atoms with Crippen molar-refractivity contribution in [3.63, 3.8) is 0 Å². The summed E-state index contributed by atoms with van der Waals surface area (Å²) in [5.74, 6) is -0.970. The minimum atomic E-state index is -0.970. The molecule has 0 fully saturated rings. The summed E-state index contributed by atoms with van der Waals surface area (Å²) >= 11 is 0. The predicted molar refractivity (Wildman–Crippen MR) is 52.9 cm³/mol. The number of pyridine rings is 1. The molecule has 0 spiro atoms. The number of hydrogen-bond donors (Lipinski definition) is 1. The highest BCUT2D eigenvalue weighted by Crippen LogP contribution is 2.09. The van der Waals surface area contributed by atoms with Crippen LogP contribution in [0.1, 0.15) is 16.2 Å². The monoisotopic (exact) mass is 206 g/mol. The number of imidazole rings is 1.